The molecule has 1 fully saturated rings. The van der Waals surface area contributed by atoms with Crippen molar-refractivity contribution in [2.75, 3.05) is 36.0 Å². The van der Waals surface area contributed by atoms with Crippen molar-refractivity contribution < 1.29 is 4.39 Å². The van der Waals surface area contributed by atoms with E-state index in [-0.39, 0.29) is 5.82 Å². The van der Waals surface area contributed by atoms with E-state index in [1.54, 1.807) is 6.07 Å². The molecule has 5 heteroatoms. The van der Waals surface area contributed by atoms with Crippen molar-refractivity contribution >= 4 is 11.6 Å². The molecule has 98 valence electrons. The lowest BCUT2D eigenvalue weighted by atomic mass is 10.3. The lowest BCUT2D eigenvalue weighted by molar-refractivity contribution is 0.614. The average molecular weight is 258 g/mol. The van der Waals surface area contributed by atoms with Crippen LogP contribution >= 0.6 is 0 Å². The molecule has 0 saturated carbocycles. The first-order valence-electron chi connectivity index (χ1n) is 6.35. The van der Waals surface area contributed by atoms with Crippen molar-refractivity contribution in [1.82, 2.24) is 9.97 Å². The van der Waals surface area contributed by atoms with E-state index in [9.17, 15) is 4.39 Å². The van der Waals surface area contributed by atoms with Gasteiger partial charge in [-0.05, 0) is 24.3 Å². The van der Waals surface area contributed by atoms with E-state index in [0.29, 0.717) is 0 Å². The molecule has 3 heterocycles. The van der Waals surface area contributed by atoms with Crippen LogP contribution in [0.15, 0.2) is 42.7 Å². The molecule has 0 spiro atoms. The lowest BCUT2D eigenvalue weighted by Crippen LogP contribution is -2.47. The van der Waals surface area contributed by atoms with Crippen LogP contribution in [0.3, 0.4) is 0 Å². The summed E-state index contributed by atoms with van der Waals surface area (Å²) in [5.41, 5.74) is 0. The third-order valence-corrected chi connectivity index (χ3v) is 3.29. The smallest absolute Gasteiger partial charge is 0.141 e. The monoisotopic (exact) mass is 258 g/mol. The second-order valence-electron chi connectivity index (χ2n) is 4.50. The minimum atomic E-state index is -0.295. The number of aromatic nitrogens is 2. The first kappa shape index (κ1) is 11.9. The molecule has 0 aliphatic carbocycles. The molecule has 0 aromatic carbocycles. The Kier molecular flexibility index (Phi) is 3.27. The van der Waals surface area contributed by atoms with Crippen LogP contribution in [0, 0.1) is 5.82 Å². The zero-order valence-electron chi connectivity index (χ0n) is 10.5. The van der Waals surface area contributed by atoms with Crippen LogP contribution < -0.4 is 9.80 Å². The molecule has 0 N–H and O–H groups in total. The number of hydrogen-bond donors (Lipinski definition) is 0. The molecule has 4 nitrogen and oxygen atoms in total. The number of hydrogen-bond acceptors (Lipinski definition) is 4. The second kappa shape index (κ2) is 5.22. The fourth-order valence-electron chi connectivity index (χ4n) is 2.26. The van der Waals surface area contributed by atoms with Crippen molar-refractivity contribution in [1.29, 1.82) is 0 Å². The molecule has 0 atom stereocenters. The standard InChI is InChI=1S/C14H15FN4/c15-12-4-5-14(17-11-12)19-9-7-18(8-10-19)13-3-1-2-6-16-13/h1-6,11H,7-10H2. The fraction of sp³-hybridized carbons (Fsp3) is 0.286. The Labute approximate surface area is 111 Å². The van der Waals surface area contributed by atoms with Gasteiger partial charge in [0.1, 0.15) is 17.5 Å². The molecule has 3 rings (SSSR count). The second-order valence-corrected chi connectivity index (χ2v) is 4.50. The van der Waals surface area contributed by atoms with E-state index in [1.807, 2.05) is 24.4 Å². The molecule has 1 aliphatic heterocycles. The molecule has 0 radical (unpaired) electrons. The molecule has 0 amide bonds. The van der Waals surface area contributed by atoms with Gasteiger partial charge in [0.25, 0.3) is 0 Å². The van der Waals surface area contributed by atoms with Gasteiger partial charge in [-0.15, -0.1) is 0 Å². The van der Waals surface area contributed by atoms with Gasteiger partial charge in [0.15, 0.2) is 0 Å². The van der Waals surface area contributed by atoms with Crippen LogP contribution in [0.25, 0.3) is 0 Å². The molecule has 0 bridgehead atoms. The van der Waals surface area contributed by atoms with E-state index < -0.39 is 0 Å². The van der Waals surface area contributed by atoms with Crippen LogP contribution in [0.5, 0.6) is 0 Å². The summed E-state index contributed by atoms with van der Waals surface area (Å²) in [4.78, 5) is 12.9. The molecule has 1 saturated heterocycles. The van der Waals surface area contributed by atoms with Crippen molar-refractivity contribution in [3.05, 3.63) is 48.5 Å². The Bertz CT molecular complexity index is 521. The summed E-state index contributed by atoms with van der Waals surface area (Å²) >= 11 is 0. The van der Waals surface area contributed by atoms with Crippen LogP contribution in [-0.4, -0.2) is 36.1 Å². The minimum Gasteiger partial charge on any atom is -0.353 e. The van der Waals surface area contributed by atoms with Gasteiger partial charge in [-0.1, -0.05) is 6.07 Å². The third kappa shape index (κ3) is 2.65. The summed E-state index contributed by atoms with van der Waals surface area (Å²) in [7, 11) is 0. The van der Waals surface area contributed by atoms with Crippen molar-refractivity contribution in [3.8, 4) is 0 Å². The highest BCUT2D eigenvalue weighted by atomic mass is 19.1. The Morgan fingerprint density at radius 1 is 0.842 bits per heavy atom. The van der Waals surface area contributed by atoms with Crippen molar-refractivity contribution in [2.45, 2.75) is 0 Å². The Morgan fingerprint density at radius 3 is 2.05 bits per heavy atom. The van der Waals surface area contributed by atoms with Crippen LogP contribution in [0.2, 0.25) is 0 Å². The Hall–Kier alpha value is -2.17. The summed E-state index contributed by atoms with van der Waals surface area (Å²) < 4.78 is 12.8. The minimum absolute atomic E-state index is 0.295. The molecule has 19 heavy (non-hydrogen) atoms. The summed E-state index contributed by atoms with van der Waals surface area (Å²) in [6, 6.07) is 9.11. The van der Waals surface area contributed by atoms with Gasteiger partial charge in [-0.3, -0.25) is 0 Å². The van der Waals surface area contributed by atoms with Crippen molar-refractivity contribution in [3.63, 3.8) is 0 Å². The molecule has 1 aliphatic rings. The number of nitrogens with zero attached hydrogens (tertiary/aromatic N) is 4. The first-order valence-corrected chi connectivity index (χ1v) is 6.35. The fourth-order valence-corrected chi connectivity index (χ4v) is 2.26. The normalized spacial score (nSPS) is 15.6. The van der Waals surface area contributed by atoms with Gasteiger partial charge < -0.3 is 9.80 Å². The number of rotatable bonds is 2. The van der Waals surface area contributed by atoms with E-state index in [4.69, 9.17) is 0 Å². The maximum Gasteiger partial charge on any atom is 0.141 e. The van der Waals surface area contributed by atoms with E-state index >= 15 is 0 Å². The highest BCUT2D eigenvalue weighted by Crippen LogP contribution is 2.17. The van der Waals surface area contributed by atoms with Crippen LogP contribution in [-0.2, 0) is 0 Å². The first-order chi connectivity index (χ1) is 9.33. The molecule has 0 unspecified atom stereocenters. The molecular weight excluding hydrogens is 243 g/mol. The quantitative estimate of drug-likeness (QED) is 0.824. The van der Waals surface area contributed by atoms with Gasteiger partial charge in [-0.25, -0.2) is 14.4 Å². The van der Waals surface area contributed by atoms with Gasteiger partial charge in [-0.2, -0.15) is 0 Å². The number of piperazine rings is 1. The maximum atomic E-state index is 12.8. The maximum absolute atomic E-state index is 12.8. The van der Waals surface area contributed by atoms with Gasteiger partial charge >= 0.3 is 0 Å². The zero-order chi connectivity index (χ0) is 13.1. The highest BCUT2D eigenvalue weighted by Gasteiger charge is 2.18. The summed E-state index contributed by atoms with van der Waals surface area (Å²) in [6.07, 6.45) is 3.07. The third-order valence-electron chi connectivity index (χ3n) is 3.29. The van der Waals surface area contributed by atoms with E-state index in [0.717, 1.165) is 37.8 Å². The van der Waals surface area contributed by atoms with Crippen LogP contribution in [0.1, 0.15) is 0 Å². The van der Waals surface area contributed by atoms with E-state index in [1.165, 1.54) is 12.3 Å². The Morgan fingerprint density at radius 2 is 1.53 bits per heavy atom. The summed E-state index contributed by atoms with van der Waals surface area (Å²) in [6.45, 7) is 3.54. The zero-order valence-corrected chi connectivity index (χ0v) is 10.5. The predicted octanol–water partition coefficient (Wildman–Crippen LogP) is 1.94. The average Bonchev–Trinajstić information content (AvgIpc) is 2.49. The van der Waals surface area contributed by atoms with E-state index in [2.05, 4.69) is 19.8 Å². The number of halogens is 1. The molecule has 2 aromatic rings. The van der Waals surface area contributed by atoms with Gasteiger partial charge in [0.05, 0.1) is 6.20 Å². The van der Waals surface area contributed by atoms with Crippen LogP contribution in [0.4, 0.5) is 16.0 Å². The number of anilines is 2. The number of pyridine rings is 2. The molecular formula is C14H15FN4. The Balaban J connectivity index is 1.65. The molecule has 2 aromatic heterocycles. The summed E-state index contributed by atoms with van der Waals surface area (Å²) in [5.74, 6) is 1.55. The largest absolute Gasteiger partial charge is 0.353 e. The van der Waals surface area contributed by atoms with Gasteiger partial charge in [0, 0.05) is 32.4 Å². The predicted molar refractivity (Wildman–Crippen MR) is 72.9 cm³/mol. The van der Waals surface area contributed by atoms with Gasteiger partial charge in [0.2, 0.25) is 0 Å². The summed E-state index contributed by atoms with van der Waals surface area (Å²) in [5, 5.41) is 0. The van der Waals surface area contributed by atoms with Crippen molar-refractivity contribution in [2.24, 2.45) is 0 Å². The topological polar surface area (TPSA) is 32.3 Å². The highest BCUT2D eigenvalue weighted by molar-refractivity contribution is 5.44. The lowest BCUT2D eigenvalue weighted by Gasteiger charge is -2.36. The SMILES string of the molecule is Fc1ccc(N2CCN(c3ccccn3)CC2)nc1.